The van der Waals surface area contributed by atoms with Crippen LogP contribution in [0.5, 0.6) is 5.75 Å². The van der Waals surface area contributed by atoms with Gasteiger partial charge in [0.05, 0.1) is 24.3 Å². The van der Waals surface area contributed by atoms with E-state index < -0.39 is 9.84 Å². The fraction of sp³-hybridized carbons (Fsp3) is 0.167. The van der Waals surface area contributed by atoms with Crippen LogP contribution in [0.15, 0.2) is 65.3 Å². The molecule has 0 atom stereocenters. The minimum absolute atomic E-state index is 0.0153. The van der Waals surface area contributed by atoms with Crippen LogP contribution in [0.4, 0.5) is 0 Å². The summed E-state index contributed by atoms with van der Waals surface area (Å²) in [6.45, 7) is 0. The van der Waals surface area contributed by atoms with Gasteiger partial charge in [0.1, 0.15) is 12.0 Å². The van der Waals surface area contributed by atoms with Crippen molar-refractivity contribution in [1.29, 1.82) is 0 Å². The number of ether oxygens (including phenoxy) is 1. The fourth-order valence-electron chi connectivity index (χ4n) is 2.34. The van der Waals surface area contributed by atoms with Crippen molar-refractivity contribution in [2.45, 2.75) is 11.5 Å². The molecule has 0 saturated heterocycles. The largest absolute Gasteiger partial charge is 0.497 e. The van der Waals surface area contributed by atoms with Gasteiger partial charge in [-0.1, -0.05) is 30.3 Å². The summed E-state index contributed by atoms with van der Waals surface area (Å²) in [7, 11) is -1.72. The fourth-order valence-corrected chi connectivity index (χ4v) is 3.73. The first kappa shape index (κ1) is 16.3. The first-order valence-electron chi connectivity index (χ1n) is 7.39. The molecule has 1 aromatic heterocycles. The van der Waals surface area contributed by atoms with Crippen molar-refractivity contribution >= 4 is 9.84 Å². The van der Waals surface area contributed by atoms with Crippen LogP contribution in [-0.2, 0) is 21.3 Å². The molecule has 0 unspecified atom stereocenters. The third-order valence-corrected chi connectivity index (χ3v) is 4.99. The highest BCUT2D eigenvalue weighted by atomic mass is 32.2. The van der Waals surface area contributed by atoms with Crippen LogP contribution in [0.25, 0.3) is 11.5 Å². The molecule has 1 heterocycles. The summed E-state index contributed by atoms with van der Waals surface area (Å²) >= 11 is 0. The van der Waals surface area contributed by atoms with E-state index in [9.17, 15) is 8.42 Å². The van der Waals surface area contributed by atoms with E-state index in [0.29, 0.717) is 11.6 Å². The van der Waals surface area contributed by atoms with Crippen molar-refractivity contribution in [3.05, 3.63) is 72.1 Å². The van der Waals surface area contributed by atoms with Crippen LogP contribution in [0.1, 0.15) is 11.3 Å². The van der Waals surface area contributed by atoms with Gasteiger partial charge in [0.15, 0.2) is 9.84 Å². The van der Waals surface area contributed by atoms with E-state index in [1.807, 2.05) is 30.3 Å². The second-order valence-corrected chi connectivity index (χ2v) is 7.45. The summed E-state index contributed by atoms with van der Waals surface area (Å²) in [5.74, 6) is 0.957. The lowest BCUT2D eigenvalue weighted by Gasteiger charge is -2.02. The molecule has 0 aliphatic carbocycles. The highest BCUT2D eigenvalue weighted by Crippen LogP contribution is 2.22. The van der Waals surface area contributed by atoms with E-state index in [4.69, 9.17) is 9.15 Å². The average Bonchev–Trinajstić information content (AvgIpc) is 3.03. The zero-order chi connectivity index (χ0) is 17.0. The van der Waals surface area contributed by atoms with Gasteiger partial charge in [-0.05, 0) is 29.8 Å². The Morgan fingerprint density at radius 1 is 1.00 bits per heavy atom. The summed E-state index contributed by atoms with van der Waals surface area (Å²) < 4.78 is 35.1. The van der Waals surface area contributed by atoms with Gasteiger partial charge in [-0.15, -0.1) is 0 Å². The Bertz CT molecular complexity index is 900. The maximum absolute atomic E-state index is 12.3. The van der Waals surface area contributed by atoms with Crippen LogP contribution in [0.3, 0.4) is 0 Å². The average molecular weight is 343 g/mol. The van der Waals surface area contributed by atoms with Crippen LogP contribution < -0.4 is 4.74 Å². The van der Waals surface area contributed by atoms with E-state index in [1.165, 1.54) is 6.26 Å². The van der Waals surface area contributed by atoms with Gasteiger partial charge in [0, 0.05) is 5.56 Å². The molecular weight excluding hydrogens is 326 g/mol. The Kier molecular flexibility index (Phi) is 4.66. The molecule has 6 heteroatoms. The monoisotopic (exact) mass is 343 g/mol. The number of hydrogen-bond donors (Lipinski definition) is 0. The highest BCUT2D eigenvalue weighted by Gasteiger charge is 2.16. The van der Waals surface area contributed by atoms with Crippen LogP contribution in [-0.4, -0.2) is 20.5 Å². The van der Waals surface area contributed by atoms with Gasteiger partial charge in [-0.3, -0.25) is 0 Å². The number of rotatable bonds is 6. The Labute approximate surface area is 140 Å². The molecule has 0 saturated carbocycles. The van der Waals surface area contributed by atoms with Gasteiger partial charge in [0.25, 0.3) is 0 Å². The Morgan fingerprint density at radius 2 is 1.71 bits per heavy atom. The molecule has 5 nitrogen and oxygen atoms in total. The second-order valence-electron chi connectivity index (χ2n) is 5.39. The number of nitrogens with zero attached hydrogens (tertiary/aromatic N) is 1. The molecule has 2 aromatic carbocycles. The molecule has 0 spiro atoms. The maximum Gasteiger partial charge on any atom is 0.226 e. The summed E-state index contributed by atoms with van der Waals surface area (Å²) in [6, 6.07) is 16.3. The van der Waals surface area contributed by atoms with Gasteiger partial charge in [-0.2, -0.15) is 0 Å². The molecule has 3 rings (SSSR count). The maximum atomic E-state index is 12.3. The SMILES string of the molecule is COc1ccc(-c2nc(CS(=O)(=O)Cc3ccccc3)co2)cc1. The minimum atomic E-state index is -3.31. The summed E-state index contributed by atoms with van der Waals surface area (Å²) in [4.78, 5) is 4.28. The zero-order valence-corrected chi connectivity index (χ0v) is 14.0. The van der Waals surface area contributed by atoms with Crippen molar-refractivity contribution in [1.82, 2.24) is 4.98 Å². The van der Waals surface area contributed by atoms with Crippen LogP contribution in [0, 0.1) is 0 Å². The van der Waals surface area contributed by atoms with Crippen molar-refractivity contribution in [2.75, 3.05) is 7.11 Å². The summed E-state index contributed by atoms with van der Waals surface area (Å²) in [5.41, 5.74) is 1.93. The number of benzene rings is 2. The van der Waals surface area contributed by atoms with Crippen molar-refractivity contribution in [2.24, 2.45) is 0 Å². The number of aromatic nitrogens is 1. The molecule has 0 aliphatic heterocycles. The molecule has 3 aromatic rings. The standard InChI is InChI=1S/C18H17NO4S/c1-22-17-9-7-15(8-10-17)18-19-16(11-23-18)13-24(20,21)12-14-5-3-2-4-6-14/h2-11H,12-13H2,1H3. The quantitative estimate of drug-likeness (QED) is 0.685. The molecule has 0 radical (unpaired) electrons. The first-order chi connectivity index (χ1) is 11.6. The van der Waals surface area contributed by atoms with Crippen molar-refractivity contribution in [3.8, 4) is 17.2 Å². The number of oxazole rings is 1. The zero-order valence-electron chi connectivity index (χ0n) is 13.2. The number of sulfone groups is 1. The van der Waals surface area contributed by atoms with E-state index in [0.717, 1.165) is 16.9 Å². The molecule has 0 N–H and O–H groups in total. The summed E-state index contributed by atoms with van der Waals surface area (Å²) in [5, 5.41) is 0. The summed E-state index contributed by atoms with van der Waals surface area (Å²) in [6.07, 6.45) is 1.39. The van der Waals surface area contributed by atoms with Gasteiger partial charge < -0.3 is 9.15 Å². The third-order valence-electron chi connectivity index (χ3n) is 3.49. The Morgan fingerprint density at radius 3 is 2.38 bits per heavy atom. The minimum Gasteiger partial charge on any atom is -0.497 e. The Balaban J connectivity index is 1.73. The molecule has 0 amide bonds. The van der Waals surface area contributed by atoms with Crippen LogP contribution >= 0.6 is 0 Å². The lowest BCUT2D eigenvalue weighted by atomic mass is 10.2. The lowest BCUT2D eigenvalue weighted by molar-refractivity contribution is 0.415. The van der Waals surface area contributed by atoms with E-state index >= 15 is 0 Å². The van der Waals surface area contributed by atoms with E-state index in [2.05, 4.69) is 4.98 Å². The predicted octanol–water partition coefficient (Wildman–Crippen LogP) is 3.47. The van der Waals surface area contributed by atoms with Crippen molar-refractivity contribution < 1.29 is 17.6 Å². The van der Waals surface area contributed by atoms with Crippen molar-refractivity contribution in [3.63, 3.8) is 0 Å². The molecule has 0 fully saturated rings. The Hall–Kier alpha value is -2.60. The van der Waals surface area contributed by atoms with Gasteiger partial charge in [0.2, 0.25) is 5.89 Å². The molecule has 0 bridgehead atoms. The number of methoxy groups -OCH3 is 1. The first-order valence-corrected chi connectivity index (χ1v) is 9.21. The van der Waals surface area contributed by atoms with E-state index in [1.54, 1.807) is 31.4 Å². The molecule has 24 heavy (non-hydrogen) atoms. The molecular formula is C18H17NO4S. The third kappa shape index (κ3) is 4.02. The predicted molar refractivity (Wildman–Crippen MR) is 91.3 cm³/mol. The van der Waals surface area contributed by atoms with E-state index in [-0.39, 0.29) is 11.5 Å². The topological polar surface area (TPSA) is 69.4 Å². The van der Waals surface area contributed by atoms with Crippen LogP contribution in [0.2, 0.25) is 0 Å². The number of hydrogen-bond acceptors (Lipinski definition) is 5. The van der Waals surface area contributed by atoms with Gasteiger partial charge >= 0.3 is 0 Å². The smallest absolute Gasteiger partial charge is 0.226 e. The molecule has 124 valence electrons. The lowest BCUT2D eigenvalue weighted by Crippen LogP contribution is -2.07. The normalized spacial score (nSPS) is 11.4. The second kappa shape index (κ2) is 6.88. The highest BCUT2D eigenvalue weighted by molar-refractivity contribution is 7.89. The molecule has 0 aliphatic rings. The van der Waals surface area contributed by atoms with Gasteiger partial charge in [-0.25, -0.2) is 13.4 Å².